The maximum atomic E-state index is 12.2. The number of hydrogen-bond acceptors (Lipinski definition) is 5. The van der Waals surface area contributed by atoms with Crippen LogP contribution in [0.2, 0.25) is 0 Å². The number of carbonyl (C=O) groups is 1. The number of aromatic nitrogens is 3. The highest BCUT2D eigenvalue weighted by atomic mass is 32.1. The van der Waals surface area contributed by atoms with E-state index in [1.165, 1.54) is 11.3 Å². The van der Waals surface area contributed by atoms with E-state index in [-0.39, 0.29) is 5.91 Å². The van der Waals surface area contributed by atoms with Gasteiger partial charge in [-0.15, -0.1) is 0 Å². The third-order valence-electron chi connectivity index (χ3n) is 3.58. The topological polar surface area (TPSA) is 68.5 Å². The molecule has 2 aromatic heterocycles. The molecule has 1 atom stereocenters. The zero-order chi connectivity index (χ0) is 15.1. The number of ether oxygens (including phenoxy) is 1. The number of fused-ring (bicyclic) bond motifs is 2. The summed E-state index contributed by atoms with van der Waals surface area (Å²) in [5, 5.41) is 8.15. The Morgan fingerprint density at radius 2 is 2.36 bits per heavy atom. The van der Waals surface area contributed by atoms with Crippen molar-refractivity contribution >= 4 is 22.2 Å². The van der Waals surface area contributed by atoms with Crippen molar-refractivity contribution in [1.82, 2.24) is 19.9 Å². The summed E-state index contributed by atoms with van der Waals surface area (Å²) in [6.45, 7) is 2.32. The number of imidazole rings is 1. The van der Waals surface area contributed by atoms with Crippen LogP contribution in [-0.4, -0.2) is 26.6 Å². The van der Waals surface area contributed by atoms with E-state index in [4.69, 9.17) is 4.74 Å². The number of hydrogen-bond donors (Lipinski definition) is 1. The van der Waals surface area contributed by atoms with Crippen LogP contribution in [-0.2, 0) is 17.8 Å². The number of carbonyl (C=O) groups excluding carboxylic acids is 1. The van der Waals surface area contributed by atoms with Crippen LogP contribution in [0, 0.1) is 6.92 Å². The highest BCUT2D eigenvalue weighted by molar-refractivity contribution is 7.16. The van der Waals surface area contributed by atoms with Crippen LogP contribution in [0.25, 0.3) is 4.96 Å². The molecule has 1 amide bonds. The van der Waals surface area contributed by atoms with Gasteiger partial charge < -0.3 is 10.1 Å². The van der Waals surface area contributed by atoms with E-state index in [1.54, 1.807) is 4.52 Å². The van der Waals surface area contributed by atoms with Gasteiger partial charge in [-0.1, -0.05) is 29.5 Å². The van der Waals surface area contributed by atoms with Gasteiger partial charge in [0.1, 0.15) is 10.8 Å². The zero-order valence-corrected chi connectivity index (χ0v) is 12.8. The summed E-state index contributed by atoms with van der Waals surface area (Å²) in [4.78, 5) is 17.5. The van der Waals surface area contributed by atoms with Gasteiger partial charge in [-0.2, -0.15) is 5.10 Å². The van der Waals surface area contributed by atoms with Crippen LogP contribution in [0.3, 0.4) is 0 Å². The van der Waals surface area contributed by atoms with E-state index in [0.717, 1.165) is 27.0 Å². The second-order valence-corrected chi connectivity index (χ2v) is 6.38. The second kappa shape index (κ2) is 5.10. The summed E-state index contributed by atoms with van der Waals surface area (Å²) in [6.07, 6.45) is 1.99. The summed E-state index contributed by atoms with van der Waals surface area (Å²) >= 11 is 1.53. The predicted octanol–water partition coefficient (Wildman–Crippen LogP) is 1.72. The van der Waals surface area contributed by atoms with E-state index in [0.29, 0.717) is 13.0 Å². The molecule has 4 rings (SSSR count). The van der Waals surface area contributed by atoms with Crippen molar-refractivity contribution in [2.45, 2.75) is 26.0 Å². The maximum absolute atomic E-state index is 12.2. The molecule has 7 heteroatoms. The Kier molecular flexibility index (Phi) is 3.07. The van der Waals surface area contributed by atoms with Crippen molar-refractivity contribution < 1.29 is 9.53 Å². The lowest BCUT2D eigenvalue weighted by molar-refractivity contribution is -0.127. The highest BCUT2D eigenvalue weighted by Gasteiger charge is 2.28. The van der Waals surface area contributed by atoms with Crippen molar-refractivity contribution in [3.8, 4) is 5.75 Å². The Bertz CT molecular complexity index is 798. The predicted molar refractivity (Wildman–Crippen MR) is 82.0 cm³/mol. The number of amides is 1. The molecule has 1 N–H and O–H groups in total. The van der Waals surface area contributed by atoms with Crippen LogP contribution in [0.4, 0.5) is 0 Å². The molecule has 1 aromatic carbocycles. The second-order valence-electron chi connectivity index (χ2n) is 5.22. The molecule has 0 fully saturated rings. The molecule has 3 aromatic rings. The van der Waals surface area contributed by atoms with Gasteiger partial charge in [0.05, 0.1) is 18.4 Å². The van der Waals surface area contributed by atoms with Gasteiger partial charge in [-0.05, 0) is 18.6 Å². The number of aryl methyl sites for hydroxylation is 1. The van der Waals surface area contributed by atoms with Gasteiger partial charge in [0.25, 0.3) is 5.91 Å². The summed E-state index contributed by atoms with van der Waals surface area (Å²) in [7, 11) is 0. The summed E-state index contributed by atoms with van der Waals surface area (Å²) in [5.41, 5.74) is 1.87. The van der Waals surface area contributed by atoms with Crippen molar-refractivity contribution in [2.75, 3.05) is 0 Å². The fraction of sp³-hybridized carbons (Fsp3) is 0.267. The molecule has 112 valence electrons. The minimum absolute atomic E-state index is 0.114. The SMILES string of the molecule is Cc1nn2cc(CNC(=O)[C@@H]3Cc4ccccc4O3)nc2s1. The molecule has 6 nitrogen and oxygen atoms in total. The Hall–Kier alpha value is -2.41. The normalized spacial score (nSPS) is 16.5. The summed E-state index contributed by atoms with van der Waals surface area (Å²) < 4.78 is 7.41. The molecule has 0 radical (unpaired) electrons. The molecule has 1 aliphatic rings. The number of nitrogens with one attached hydrogen (secondary N) is 1. The molecule has 0 unspecified atom stereocenters. The molecular formula is C15H14N4O2S. The average molecular weight is 314 g/mol. The molecule has 22 heavy (non-hydrogen) atoms. The zero-order valence-electron chi connectivity index (χ0n) is 11.9. The average Bonchev–Trinajstić information content (AvgIpc) is 3.16. The maximum Gasteiger partial charge on any atom is 0.261 e. The van der Waals surface area contributed by atoms with Gasteiger partial charge in [0.15, 0.2) is 6.10 Å². The minimum atomic E-state index is -0.457. The molecule has 1 aliphatic heterocycles. The van der Waals surface area contributed by atoms with Crippen molar-refractivity contribution in [3.05, 3.63) is 46.7 Å². The molecule has 0 saturated heterocycles. The van der Waals surface area contributed by atoms with Crippen LogP contribution in [0.15, 0.2) is 30.5 Å². The summed E-state index contributed by atoms with van der Waals surface area (Å²) in [6, 6.07) is 7.74. The van der Waals surface area contributed by atoms with E-state index in [9.17, 15) is 4.79 Å². The molecule has 0 bridgehead atoms. The third kappa shape index (κ3) is 2.33. The lowest BCUT2D eigenvalue weighted by Crippen LogP contribution is -2.37. The molecule has 3 heterocycles. The monoisotopic (exact) mass is 314 g/mol. The van der Waals surface area contributed by atoms with Crippen molar-refractivity contribution in [3.63, 3.8) is 0 Å². The largest absolute Gasteiger partial charge is 0.480 e. The molecule has 0 aliphatic carbocycles. The minimum Gasteiger partial charge on any atom is -0.480 e. The molecule has 0 spiro atoms. The number of para-hydroxylation sites is 1. The first-order valence-corrected chi connectivity index (χ1v) is 7.84. The van der Waals surface area contributed by atoms with Crippen molar-refractivity contribution in [2.24, 2.45) is 0 Å². The fourth-order valence-electron chi connectivity index (χ4n) is 2.55. The smallest absolute Gasteiger partial charge is 0.261 e. The number of benzene rings is 1. The van der Waals surface area contributed by atoms with Crippen molar-refractivity contribution in [1.29, 1.82) is 0 Å². The van der Waals surface area contributed by atoms with Gasteiger partial charge in [-0.3, -0.25) is 4.79 Å². The first-order chi connectivity index (χ1) is 10.7. The standard InChI is InChI=1S/C15H14N4O2S/c1-9-18-19-8-11(17-15(19)22-9)7-16-14(20)13-6-10-4-2-3-5-12(10)21-13/h2-5,8,13H,6-7H2,1H3,(H,16,20)/t13-/m0/s1. The molecular weight excluding hydrogens is 300 g/mol. The number of rotatable bonds is 3. The fourth-order valence-corrected chi connectivity index (χ4v) is 3.29. The van der Waals surface area contributed by atoms with Gasteiger partial charge in [-0.25, -0.2) is 9.50 Å². The lowest BCUT2D eigenvalue weighted by Gasteiger charge is -2.10. The van der Waals surface area contributed by atoms with Gasteiger partial charge in [0.2, 0.25) is 4.96 Å². The Balaban J connectivity index is 1.39. The Labute approximate surface area is 130 Å². The summed E-state index contributed by atoms with van der Waals surface area (Å²) in [5.74, 6) is 0.682. The third-order valence-corrected chi connectivity index (χ3v) is 4.42. The first-order valence-electron chi connectivity index (χ1n) is 7.03. The number of nitrogens with zero attached hydrogens (tertiary/aromatic N) is 3. The molecule has 0 saturated carbocycles. The van der Waals surface area contributed by atoms with Crippen LogP contribution in [0.5, 0.6) is 5.75 Å². The Morgan fingerprint density at radius 3 is 3.18 bits per heavy atom. The first kappa shape index (κ1) is 13.3. The van der Waals surface area contributed by atoms with E-state index < -0.39 is 6.10 Å². The van der Waals surface area contributed by atoms with Crippen LogP contribution in [0.1, 0.15) is 16.3 Å². The highest BCUT2D eigenvalue weighted by Crippen LogP contribution is 2.28. The van der Waals surface area contributed by atoms with E-state index in [1.807, 2.05) is 37.4 Å². The van der Waals surface area contributed by atoms with Crippen LogP contribution < -0.4 is 10.1 Å². The van der Waals surface area contributed by atoms with Gasteiger partial charge >= 0.3 is 0 Å². The quantitative estimate of drug-likeness (QED) is 0.799. The van der Waals surface area contributed by atoms with E-state index in [2.05, 4.69) is 15.4 Å². The van der Waals surface area contributed by atoms with Crippen LogP contribution >= 0.6 is 11.3 Å². The van der Waals surface area contributed by atoms with Gasteiger partial charge in [0, 0.05) is 6.42 Å². The Morgan fingerprint density at radius 1 is 1.50 bits per heavy atom. The lowest BCUT2D eigenvalue weighted by atomic mass is 10.1. The van der Waals surface area contributed by atoms with E-state index >= 15 is 0 Å².